The van der Waals surface area contributed by atoms with Gasteiger partial charge in [-0.05, 0) is 12.1 Å². The Hall–Kier alpha value is -1.97. The standard InChI is InChI=1S/C12H8F3N/c13-9-4-2-1-3-7(9)8-5-11(15)12(16)6-10(8)14/h1-6H,16H2. The molecule has 1 nitrogen and oxygen atoms in total. The molecule has 0 atom stereocenters. The Balaban J connectivity index is 2.65. The van der Waals surface area contributed by atoms with Crippen molar-refractivity contribution in [2.24, 2.45) is 0 Å². The molecule has 0 aliphatic heterocycles. The molecule has 0 amide bonds. The number of nitrogen functional groups attached to an aromatic ring is 1. The summed E-state index contributed by atoms with van der Waals surface area (Å²) in [6.45, 7) is 0. The minimum absolute atomic E-state index is 0.0129. The van der Waals surface area contributed by atoms with Crippen molar-refractivity contribution >= 4 is 5.69 Å². The highest BCUT2D eigenvalue weighted by Gasteiger charge is 2.12. The van der Waals surface area contributed by atoms with Crippen LogP contribution >= 0.6 is 0 Å². The average Bonchev–Trinajstić information content (AvgIpc) is 2.25. The lowest BCUT2D eigenvalue weighted by Crippen LogP contribution is -1.95. The third-order valence-corrected chi connectivity index (χ3v) is 2.25. The molecule has 0 saturated carbocycles. The van der Waals surface area contributed by atoms with Gasteiger partial charge in [0.1, 0.15) is 17.5 Å². The molecule has 4 heteroatoms. The monoisotopic (exact) mass is 223 g/mol. The predicted molar refractivity (Wildman–Crippen MR) is 56.2 cm³/mol. The van der Waals surface area contributed by atoms with Crippen LogP contribution in [0.5, 0.6) is 0 Å². The van der Waals surface area contributed by atoms with Crippen molar-refractivity contribution in [3.8, 4) is 11.1 Å². The van der Waals surface area contributed by atoms with Crippen LogP contribution in [0.3, 0.4) is 0 Å². The number of benzene rings is 2. The van der Waals surface area contributed by atoms with Crippen LogP contribution < -0.4 is 5.73 Å². The fraction of sp³-hybridized carbons (Fsp3) is 0. The summed E-state index contributed by atoms with van der Waals surface area (Å²) in [4.78, 5) is 0. The van der Waals surface area contributed by atoms with Gasteiger partial charge >= 0.3 is 0 Å². The molecule has 0 saturated heterocycles. The van der Waals surface area contributed by atoms with E-state index in [0.717, 1.165) is 12.1 Å². The predicted octanol–water partition coefficient (Wildman–Crippen LogP) is 3.35. The quantitative estimate of drug-likeness (QED) is 0.737. The van der Waals surface area contributed by atoms with E-state index in [9.17, 15) is 13.2 Å². The molecule has 0 aliphatic rings. The summed E-state index contributed by atoms with van der Waals surface area (Å²) in [6, 6.07) is 7.32. The van der Waals surface area contributed by atoms with Crippen molar-refractivity contribution in [3.05, 3.63) is 53.8 Å². The molecule has 2 aromatic carbocycles. The van der Waals surface area contributed by atoms with Gasteiger partial charge in [-0.3, -0.25) is 0 Å². The second-order valence-electron chi connectivity index (χ2n) is 3.33. The molecule has 0 unspecified atom stereocenters. The van der Waals surface area contributed by atoms with Gasteiger partial charge in [0.25, 0.3) is 0 Å². The van der Waals surface area contributed by atoms with Gasteiger partial charge in [0, 0.05) is 17.2 Å². The summed E-state index contributed by atoms with van der Waals surface area (Å²) in [5.74, 6) is -2.12. The molecule has 2 N–H and O–H groups in total. The van der Waals surface area contributed by atoms with E-state index < -0.39 is 17.5 Å². The zero-order chi connectivity index (χ0) is 11.7. The molecular weight excluding hydrogens is 215 g/mol. The number of anilines is 1. The number of hydrogen-bond donors (Lipinski definition) is 1. The number of halogens is 3. The maximum Gasteiger partial charge on any atom is 0.146 e. The summed E-state index contributed by atoms with van der Waals surface area (Å²) in [5, 5.41) is 0. The van der Waals surface area contributed by atoms with Crippen molar-refractivity contribution < 1.29 is 13.2 Å². The largest absolute Gasteiger partial charge is 0.396 e. The van der Waals surface area contributed by atoms with E-state index in [1.807, 2.05) is 0 Å². The second-order valence-corrected chi connectivity index (χ2v) is 3.33. The fourth-order valence-corrected chi connectivity index (χ4v) is 1.45. The van der Waals surface area contributed by atoms with Gasteiger partial charge in [0.2, 0.25) is 0 Å². The van der Waals surface area contributed by atoms with Crippen molar-refractivity contribution in [2.45, 2.75) is 0 Å². The summed E-state index contributed by atoms with van der Waals surface area (Å²) in [6.07, 6.45) is 0. The Kier molecular flexibility index (Phi) is 2.56. The molecule has 0 spiro atoms. The first kappa shape index (κ1) is 10.5. The van der Waals surface area contributed by atoms with Gasteiger partial charge in [-0.2, -0.15) is 0 Å². The molecule has 0 aromatic heterocycles. The Morgan fingerprint density at radius 1 is 0.750 bits per heavy atom. The molecule has 16 heavy (non-hydrogen) atoms. The van der Waals surface area contributed by atoms with E-state index >= 15 is 0 Å². The fourth-order valence-electron chi connectivity index (χ4n) is 1.45. The number of hydrogen-bond acceptors (Lipinski definition) is 1. The van der Waals surface area contributed by atoms with Crippen molar-refractivity contribution in [3.63, 3.8) is 0 Å². The van der Waals surface area contributed by atoms with Crippen molar-refractivity contribution in [1.29, 1.82) is 0 Å². The minimum Gasteiger partial charge on any atom is -0.396 e. The molecular formula is C12H8F3N. The molecule has 82 valence electrons. The lowest BCUT2D eigenvalue weighted by Gasteiger charge is -2.06. The molecule has 0 radical (unpaired) electrons. The summed E-state index contributed by atoms with van der Waals surface area (Å²) >= 11 is 0. The Morgan fingerprint density at radius 2 is 1.44 bits per heavy atom. The van der Waals surface area contributed by atoms with E-state index in [0.29, 0.717) is 0 Å². The second kappa shape index (κ2) is 3.89. The van der Waals surface area contributed by atoms with Gasteiger partial charge in [0.05, 0.1) is 5.69 Å². The van der Waals surface area contributed by atoms with E-state index in [1.165, 1.54) is 18.2 Å². The molecule has 2 rings (SSSR count). The molecule has 0 bridgehead atoms. The van der Waals surface area contributed by atoms with Crippen LogP contribution in [0.15, 0.2) is 36.4 Å². The van der Waals surface area contributed by atoms with Crippen LogP contribution in [0, 0.1) is 17.5 Å². The number of nitrogens with two attached hydrogens (primary N) is 1. The summed E-state index contributed by atoms with van der Waals surface area (Å²) < 4.78 is 40.0. The zero-order valence-corrected chi connectivity index (χ0v) is 8.18. The van der Waals surface area contributed by atoms with E-state index in [4.69, 9.17) is 5.73 Å². The van der Waals surface area contributed by atoms with Crippen LogP contribution in [-0.2, 0) is 0 Å². The minimum atomic E-state index is -0.764. The summed E-state index contributed by atoms with van der Waals surface area (Å²) in [7, 11) is 0. The van der Waals surface area contributed by atoms with Gasteiger partial charge in [-0.1, -0.05) is 18.2 Å². The normalized spacial score (nSPS) is 10.4. The van der Waals surface area contributed by atoms with Crippen LogP contribution in [-0.4, -0.2) is 0 Å². The van der Waals surface area contributed by atoms with E-state index in [-0.39, 0.29) is 16.8 Å². The zero-order valence-electron chi connectivity index (χ0n) is 8.18. The molecule has 0 heterocycles. The van der Waals surface area contributed by atoms with Crippen molar-refractivity contribution in [2.75, 3.05) is 5.73 Å². The van der Waals surface area contributed by atoms with Crippen LogP contribution in [0.1, 0.15) is 0 Å². The van der Waals surface area contributed by atoms with Crippen LogP contribution in [0.4, 0.5) is 18.9 Å². The first-order chi connectivity index (χ1) is 7.59. The van der Waals surface area contributed by atoms with Gasteiger partial charge in [0.15, 0.2) is 0 Å². The van der Waals surface area contributed by atoms with Crippen LogP contribution in [0.2, 0.25) is 0 Å². The van der Waals surface area contributed by atoms with E-state index in [2.05, 4.69) is 0 Å². The van der Waals surface area contributed by atoms with Gasteiger partial charge < -0.3 is 5.73 Å². The van der Waals surface area contributed by atoms with Crippen molar-refractivity contribution in [1.82, 2.24) is 0 Å². The third-order valence-electron chi connectivity index (χ3n) is 2.25. The Morgan fingerprint density at radius 3 is 2.12 bits per heavy atom. The third kappa shape index (κ3) is 1.74. The molecule has 0 aliphatic carbocycles. The Bertz CT molecular complexity index is 538. The summed E-state index contributed by atoms with van der Waals surface area (Å²) in [5.41, 5.74) is 4.78. The first-order valence-electron chi connectivity index (χ1n) is 4.59. The first-order valence-corrected chi connectivity index (χ1v) is 4.59. The van der Waals surface area contributed by atoms with Gasteiger partial charge in [-0.15, -0.1) is 0 Å². The number of rotatable bonds is 1. The highest BCUT2D eigenvalue weighted by molar-refractivity contribution is 5.67. The topological polar surface area (TPSA) is 26.0 Å². The molecule has 0 fully saturated rings. The van der Waals surface area contributed by atoms with Gasteiger partial charge in [-0.25, -0.2) is 13.2 Å². The van der Waals surface area contributed by atoms with E-state index in [1.54, 1.807) is 6.07 Å². The maximum atomic E-state index is 13.5. The molecule has 2 aromatic rings. The highest BCUT2D eigenvalue weighted by atomic mass is 19.1. The average molecular weight is 223 g/mol. The maximum absolute atomic E-state index is 13.5. The highest BCUT2D eigenvalue weighted by Crippen LogP contribution is 2.28. The Labute approximate surface area is 90.3 Å². The van der Waals surface area contributed by atoms with Crippen LogP contribution in [0.25, 0.3) is 11.1 Å². The lowest BCUT2D eigenvalue weighted by molar-refractivity contribution is 0.601. The smallest absolute Gasteiger partial charge is 0.146 e. The lowest BCUT2D eigenvalue weighted by atomic mass is 10.0. The SMILES string of the molecule is Nc1cc(F)c(-c2ccccc2F)cc1F.